The lowest BCUT2D eigenvalue weighted by atomic mass is 10.0. The van der Waals surface area contributed by atoms with E-state index in [1.54, 1.807) is 12.1 Å². The zero-order valence-corrected chi connectivity index (χ0v) is 13.3. The Hall–Kier alpha value is -2.34. The normalized spacial score (nSPS) is 21.5. The molecule has 2 atom stereocenters. The highest BCUT2D eigenvalue weighted by atomic mass is 32.2. The highest BCUT2D eigenvalue weighted by molar-refractivity contribution is 7.89. The van der Waals surface area contributed by atoms with Crippen LogP contribution < -0.4 is 0 Å². The maximum Gasteiger partial charge on any atom is 0.246 e. The van der Waals surface area contributed by atoms with E-state index in [1.165, 1.54) is 36.5 Å². The number of pyridine rings is 1. The van der Waals surface area contributed by atoms with Gasteiger partial charge in [0.2, 0.25) is 10.0 Å². The minimum absolute atomic E-state index is 0.122. The van der Waals surface area contributed by atoms with Gasteiger partial charge < -0.3 is 5.11 Å². The molecule has 0 spiro atoms. The summed E-state index contributed by atoms with van der Waals surface area (Å²) in [4.78, 5) is 3.56. The van der Waals surface area contributed by atoms with E-state index >= 15 is 0 Å². The van der Waals surface area contributed by atoms with Crippen molar-refractivity contribution in [2.24, 2.45) is 0 Å². The van der Waals surface area contributed by atoms with Gasteiger partial charge in [-0.1, -0.05) is 12.1 Å². The molecule has 24 heavy (non-hydrogen) atoms. The molecule has 1 aromatic carbocycles. The zero-order valence-electron chi connectivity index (χ0n) is 12.5. The van der Waals surface area contributed by atoms with Gasteiger partial charge >= 0.3 is 0 Å². The minimum Gasteiger partial charge on any atom is -0.392 e. The molecule has 1 fully saturated rings. The quantitative estimate of drug-likeness (QED) is 0.910. The summed E-state index contributed by atoms with van der Waals surface area (Å²) in [6.07, 6.45) is 0.626. The van der Waals surface area contributed by atoms with Crippen LogP contribution in [0.5, 0.6) is 0 Å². The smallest absolute Gasteiger partial charge is 0.246 e. The van der Waals surface area contributed by atoms with E-state index in [1.807, 2.05) is 0 Å². The molecule has 0 aliphatic carbocycles. The van der Waals surface area contributed by atoms with Crippen LogP contribution in [0.3, 0.4) is 0 Å². The third-order valence-corrected chi connectivity index (χ3v) is 5.84. The molecule has 1 N–H and O–H groups in total. The number of sulfonamides is 1. The van der Waals surface area contributed by atoms with Crippen molar-refractivity contribution in [1.29, 1.82) is 5.26 Å². The minimum atomic E-state index is -4.06. The van der Waals surface area contributed by atoms with Crippen LogP contribution in [0.1, 0.15) is 23.7 Å². The van der Waals surface area contributed by atoms with Gasteiger partial charge in [-0.2, -0.15) is 9.57 Å². The van der Waals surface area contributed by atoms with E-state index in [4.69, 9.17) is 5.26 Å². The van der Waals surface area contributed by atoms with Crippen molar-refractivity contribution in [2.75, 3.05) is 6.54 Å². The third kappa shape index (κ3) is 2.89. The number of aliphatic hydroxyl groups is 1. The van der Waals surface area contributed by atoms with Gasteiger partial charge in [-0.15, -0.1) is 0 Å². The highest BCUT2D eigenvalue weighted by Crippen LogP contribution is 2.37. The molecule has 2 heterocycles. The summed E-state index contributed by atoms with van der Waals surface area (Å²) in [6, 6.07) is 9.41. The lowest BCUT2D eigenvalue weighted by Gasteiger charge is -2.24. The molecule has 0 bridgehead atoms. The molecular formula is C16H14FN3O3S. The summed E-state index contributed by atoms with van der Waals surface area (Å²) in [5.41, 5.74) is 0.245. The molecule has 0 radical (unpaired) electrons. The Balaban J connectivity index is 2.07. The number of hydrogen-bond acceptors (Lipinski definition) is 5. The molecule has 6 nitrogen and oxygen atoms in total. The van der Waals surface area contributed by atoms with E-state index in [9.17, 15) is 17.9 Å². The van der Waals surface area contributed by atoms with Gasteiger partial charge in [0.05, 0.1) is 12.1 Å². The van der Waals surface area contributed by atoms with Crippen molar-refractivity contribution < 1.29 is 17.9 Å². The maximum absolute atomic E-state index is 13.5. The number of rotatable bonds is 3. The number of β-amino-alcohol motifs (C(OH)–C–C–N with tert-alkyl or cyclic N) is 1. The maximum atomic E-state index is 13.5. The van der Waals surface area contributed by atoms with Gasteiger partial charge in [0, 0.05) is 12.7 Å². The first kappa shape index (κ1) is 16.5. The van der Waals surface area contributed by atoms with Crippen molar-refractivity contribution in [3.05, 3.63) is 59.7 Å². The van der Waals surface area contributed by atoms with Crippen LogP contribution in [0, 0.1) is 17.1 Å². The fraction of sp³-hybridized carbons (Fsp3) is 0.250. The van der Waals surface area contributed by atoms with Crippen LogP contribution in [-0.4, -0.2) is 35.5 Å². The molecule has 1 aliphatic heterocycles. The second-order valence-corrected chi connectivity index (χ2v) is 7.36. The Morgan fingerprint density at radius 3 is 2.83 bits per heavy atom. The number of nitrogens with zero attached hydrogens (tertiary/aromatic N) is 3. The predicted octanol–water partition coefficient (Wildman–Crippen LogP) is 1.59. The standard InChI is InChI=1S/C16H14FN3O3S/c17-12-4-1-3-11(7-12)15-8-13(21)10-20(15)24(22,23)16-5-2-6-19-14(16)9-18/h1-7,13,15,21H,8,10H2/t13-,15-/m1/s1. The lowest BCUT2D eigenvalue weighted by molar-refractivity contribution is 0.188. The number of hydrogen-bond donors (Lipinski definition) is 1. The monoisotopic (exact) mass is 347 g/mol. The molecule has 8 heteroatoms. The van der Waals surface area contributed by atoms with Crippen molar-refractivity contribution in [2.45, 2.75) is 23.5 Å². The van der Waals surface area contributed by atoms with E-state index in [0.29, 0.717) is 5.56 Å². The second kappa shape index (κ2) is 6.28. The van der Waals surface area contributed by atoms with Crippen LogP contribution in [0.15, 0.2) is 47.5 Å². The molecule has 0 saturated carbocycles. The van der Waals surface area contributed by atoms with Crippen molar-refractivity contribution in [1.82, 2.24) is 9.29 Å². The topological polar surface area (TPSA) is 94.3 Å². The van der Waals surface area contributed by atoms with Crippen LogP contribution in [0.25, 0.3) is 0 Å². The SMILES string of the molecule is N#Cc1ncccc1S(=O)(=O)N1C[C@H](O)C[C@@H]1c1cccc(F)c1. The molecule has 1 saturated heterocycles. The Bertz CT molecular complexity index is 911. The molecule has 2 aromatic rings. The molecule has 1 aliphatic rings. The largest absolute Gasteiger partial charge is 0.392 e. The van der Waals surface area contributed by atoms with Gasteiger partial charge in [-0.05, 0) is 36.2 Å². The number of halogens is 1. The Kier molecular flexibility index (Phi) is 4.32. The van der Waals surface area contributed by atoms with Gasteiger partial charge in [0.1, 0.15) is 16.8 Å². The van der Waals surface area contributed by atoms with Gasteiger partial charge in [-0.3, -0.25) is 0 Å². The predicted molar refractivity (Wildman–Crippen MR) is 82.6 cm³/mol. The average molecular weight is 347 g/mol. The van der Waals surface area contributed by atoms with E-state index in [0.717, 1.165) is 4.31 Å². The number of aromatic nitrogens is 1. The van der Waals surface area contributed by atoms with Crippen molar-refractivity contribution in [3.8, 4) is 6.07 Å². The van der Waals surface area contributed by atoms with E-state index in [2.05, 4.69) is 4.98 Å². The zero-order chi connectivity index (χ0) is 17.3. The first-order valence-electron chi connectivity index (χ1n) is 7.24. The molecule has 124 valence electrons. The van der Waals surface area contributed by atoms with Crippen LogP contribution >= 0.6 is 0 Å². The van der Waals surface area contributed by atoms with Crippen LogP contribution in [0.4, 0.5) is 4.39 Å². The fourth-order valence-corrected chi connectivity index (χ4v) is 4.63. The summed E-state index contributed by atoms with van der Waals surface area (Å²) in [7, 11) is -4.06. The Morgan fingerprint density at radius 2 is 2.12 bits per heavy atom. The first-order chi connectivity index (χ1) is 11.4. The summed E-state index contributed by atoms with van der Waals surface area (Å²) >= 11 is 0. The number of aliphatic hydroxyl groups excluding tert-OH is 1. The first-order valence-corrected chi connectivity index (χ1v) is 8.68. The summed E-state index contributed by atoms with van der Waals surface area (Å²) in [5.74, 6) is -0.481. The number of benzene rings is 1. The van der Waals surface area contributed by atoms with Crippen LogP contribution in [-0.2, 0) is 10.0 Å². The Labute approximate surface area is 138 Å². The van der Waals surface area contributed by atoms with Crippen molar-refractivity contribution in [3.63, 3.8) is 0 Å². The van der Waals surface area contributed by atoms with E-state index in [-0.39, 0.29) is 23.6 Å². The van der Waals surface area contributed by atoms with E-state index < -0.39 is 28.0 Å². The average Bonchev–Trinajstić information content (AvgIpc) is 2.97. The van der Waals surface area contributed by atoms with Gasteiger partial charge in [-0.25, -0.2) is 17.8 Å². The second-order valence-electron chi connectivity index (χ2n) is 5.50. The lowest BCUT2D eigenvalue weighted by Crippen LogP contribution is -2.32. The van der Waals surface area contributed by atoms with Gasteiger partial charge in [0.15, 0.2) is 5.69 Å². The summed E-state index contributed by atoms with van der Waals surface area (Å²) in [6.45, 7) is -0.122. The van der Waals surface area contributed by atoms with Gasteiger partial charge in [0.25, 0.3) is 0 Å². The molecular weight excluding hydrogens is 333 g/mol. The summed E-state index contributed by atoms with van der Waals surface area (Å²) < 4.78 is 40.5. The van der Waals surface area contributed by atoms with Crippen molar-refractivity contribution >= 4 is 10.0 Å². The van der Waals surface area contributed by atoms with Crippen LogP contribution in [0.2, 0.25) is 0 Å². The molecule has 1 aromatic heterocycles. The molecule has 0 unspecified atom stereocenters. The molecule has 3 rings (SSSR count). The highest BCUT2D eigenvalue weighted by Gasteiger charge is 2.41. The molecule has 0 amide bonds. The fourth-order valence-electron chi connectivity index (χ4n) is 2.88. The Morgan fingerprint density at radius 1 is 1.33 bits per heavy atom. The summed E-state index contributed by atoms with van der Waals surface area (Å²) in [5, 5.41) is 19.1. The number of nitriles is 1. The third-order valence-electron chi connectivity index (χ3n) is 3.93.